The normalized spacial score (nSPS) is 18.8. The highest BCUT2D eigenvalue weighted by Gasteiger charge is 2.29. The number of aromatic nitrogens is 1. The van der Waals surface area contributed by atoms with Gasteiger partial charge in [0.25, 0.3) is 0 Å². The number of hydrogen-bond donors (Lipinski definition) is 1. The lowest BCUT2D eigenvalue weighted by Gasteiger charge is -2.31. The van der Waals surface area contributed by atoms with Crippen LogP contribution in [0.4, 0.5) is 5.69 Å². The SMILES string of the molecule is CNc1ccncc1S(=O)(=O)N1CCN(C)CC1. The van der Waals surface area contributed by atoms with E-state index in [1.54, 1.807) is 19.3 Å². The van der Waals surface area contributed by atoms with Gasteiger partial charge in [0.15, 0.2) is 0 Å². The summed E-state index contributed by atoms with van der Waals surface area (Å²) in [5, 5.41) is 2.89. The van der Waals surface area contributed by atoms with Crippen LogP contribution in [-0.4, -0.2) is 62.9 Å². The van der Waals surface area contributed by atoms with E-state index >= 15 is 0 Å². The number of pyridine rings is 1. The molecule has 0 aromatic carbocycles. The number of likely N-dealkylation sites (N-methyl/N-ethyl adjacent to an activating group) is 1. The molecule has 0 bridgehead atoms. The van der Waals surface area contributed by atoms with Crippen LogP contribution in [0.1, 0.15) is 0 Å². The maximum absolute atomic E-state index is 12.5. The minimum Gasteiger partial charge on any atom is -0.387 e. The summed E-state index contributed by atoms with van der Waals surface area (Å²) in [6.07, 6.45) is 2.98. The third kappa shape index (κ3) is 2.47. The number of sulfonamides is 1. The standard InChI is InChI=1S/C11H18N4O2S/c1-12-10-3-4-13-9-11(10)18(16,17)15-7-5-14(2)6-8-15/h3-4,9H,5-8H2,1-2H3,(H,12,13). The molecule has 1 aromatic rings. The van der Waals surface area contributed by atoms with Crippen molar-refractivity contribution in [3.05, 3.63) is 18.5 Å². The number of anilines is 1. The van der Waals surface area contributed by atoms with Gasteiger partial charge in [-0.2, -0.15) is 4.31 Å². The van der Waals surface area contributed by atoms with Crippen molar-refractivity contribution < 1.29 is 8.42 Å². The van der Waals surface area contributed by atoms with E-state index in [1.165, 1.54) is 10.5 Å². The summed E-state index contributed by atoms with van der Waals surface area (Å²) in [7, 11) is 0.253. The van der Waals surface area contributed by atoms with Crippen molar-refractivity contribution in [1.29, 1.82) is 0 Å². The molecule has 7 heteroatoms. The van der Waals surface area contributed by atoms with Crippen LogP contribution in [0.15, 0.2) is 23.4 Å². The summed E-state index contributed by atoms with van der Waals surface area (Å²) < 4.78 is 26.5. The van der Waals surface area contributed by atoms with Crippen molar-refractivity contribution >= 4 is 15.7 Å². The first-order valence-electron chi connectivity index (χ1n) is 5.86. The molecule has 100 valence electrons. The quantitative estimate of drug-likeness (QED) is 0.841. The number of rotatable bonds is 3. The maximum atomic E-state index is 12.5. The van der Waals surface area contributed by atoms with E-state index in [-0.39, 0.29) is 4.90 Å². The third-order valence-electron chi connectivity index (χ3n) is 3.13. The van der Waals surface area contributed by atoms with Gasteiger partial charge in [-0.3, -0.25) is 4.98 Å². The average Bonchev–Trinajstić information content (AvgIpc) is 2.39. The molecule has 1 saturated heterocycles. The van der Waals surface area contributed by atoms with Gasteiger partial charge in [-0.15, -0.1) is 0 Å². The summed E-state index contributed by atoms with van der Waals surface area (Å²) in [5.74, 6) is 0. The molecule has 0 aliphatic carbocycles. The highest BCUT2D eigenvalue weighted by Crippen LogP contribution is 2.23. The number of hydrogen-bond acceptors (Lipinski definition) is 5. The average molecular weight is 270 g/mol. The van der Waals surface area contributed by atoms with E-state index in [1.807, 2.05) is 7.05 Å². The summed E-state index contributed by atoms with van der Waals surface area (Å²) in [5.41, 5.74) is 0.587. The number of nitrogens with zero attached hydrogens (tertiary/aromatic N) is 3. The molecule has 2 heterocycles. The highest BCUT2D eigenvalue weighted by atomic mass is 32.2. The third-order valence-corrected chi connectivity index (χ3v) is 5.06. The lowest BCUT2D eigenvalue weighted by molar-refractivity contribution is 0.222. The Morgan fingerprint density at radius 2 is 1.94 bits per heavy atom. The first kappa shape index (κ1) is 13.3. The molecule has 6 nitrogen and oxygen atoms in total. The summed E-state index contributed by atoms with van der Waals surface area (Å²) in [6, 6.07) is 1.67. The molecular formula is C11H18N4O2S. The minimum absolute atomic E-state index is 0.247. The topological polar surface area (TPSA) is 65.5 Å². The zero-order valence-corrected chi connectivity index (χ0v) is 11.4. The van der Waals surface area contributed by atoms with Crippen LogP contribution in [0.25, 0.3) is 0 Å². The van der Waals surface area contributed by atoms with Crippen LogP contribution in [0.2, 0.25) is 0 Å². The van der Waals surface area contributed by atoms with Crippen molar-refractivity contribution in [3.63, 3.8) is 0 Å². The Morgan fingerprint density at radius 1 is 1.28 bits per heavy atom. The molecule has 1 aliphatic heterocycles. The Hall–Kier alpha value is -1.18. The second kappa shape index (κ2) is 5.21. The predicted octanol–water partition coefficient (Wildman–Crippen LogP) is 0.0594. The Bertz CT molecular complexity index is 510. The predicted molar refractivity (Wildman–Crippen MR) is 70.0 cm³/mol. The first-order valence-corrected chi connectivity index (χ1v) is 7.30. The van der Waals surface area contributed by atoms with Gasteiger partial charge >= 0.3 is 0 Å². The second-order valence-corrected chi connectivity index (χ2v) is 6.24. The monoisotopic (exact) mass is 270 g/mol. The molecular weight excluding hydrogens is 252 g/mol. The molecule has 0 atom stereocenters. The molecule has 0 spiro atoms. The molecule has 0 amide bonds. The van der Waals surface area contributed by atoms with Gasteiger partial charge in [-0.05, 0) is 13.1 Å². The first-order chi connectivity index (χ1) is 8.55. The van der Waals surface area contributed by atoms with Crippen LogP contribution in [0.5, 0.6) is 0 Å². The van der Waals surface area contributed by atoms with Crippen molar-refractivity contribution in [2.45, 2.75) is 4.90 Å². The summed E-state index contributed by atoms with van der Waals surface area (Å²) in [4.78, 5) is 6.28. The molecule has 1 aromatic heterocycles. The summed E-state index contributed by atoms with van der Waals surface area (Å²) in [6.45, 7) is 2.57. The lowest BCUT2D eigenvalue weighted by atomic mass is 10.4. The van der Waals surface area contributed by atoms with Crippen LogP contribution in [0, 0.1) is 0 Å². The fourth-order valence-electron chi connectivity index (χ4n) is 1.96. The van der Waals surface area contributed by atoms with E-state index in [2.05, 4.69) is 15.2 Å². The fourth-order valence-corrected chi connectivity index (χ4v) is 3.52. The minimum atomic E-state index is -3.45. The number of piperazine rings is 1. The van der Waals surface area contributed by atoms with Crippen molar-refractivity contribution in [2.24, 2.45) is 0 Å². The molecule has 0 saturated carbocycles. The molecule has 18 heavy (non-hydrogen) atoms. The van der Waals surface area contributed by atoms with Gasteiger partial charge in [0.1, 0.15) is 4.90 Å². The van der Waals surface area contributed by atoms with Gasteiger partial charge in [0.05, 0.1) is 5.69 Å². The van der Waals surface area contributed by atoms with Crippen molar-refractivity contribution in [2.75, 3.05) is 45.6 Å². The Labute approximate surface area is 108 Å². The van der Waals surface area contributed by atoms with Gasteiger partial charge in [-0.1, -0.05) is 0 Å². The molecule has 1 fully saturated rings. The van der Waals surface area contributed by atoms with Crippen LogP contribution in [0.3, 0.4) is 0 Å². The largest absolute Gasteiger partial charge is 0.387 e. The molecule has 0 radical (unpaired) electrons. The highest BCUT2D eigenvalue weighted by molar-refractivity contribution is 7.89. The van der Waals surface area contributed by atoms with Crippen LogP contribution >= 0.6 is 0 Å². The van der Waals surface area contributed by atoms with E-state index in [4.69, 9.17) is 0 Å². The van der Waals surface area contributed by atoms with Crippen molar-refractivity contribution in [1.82, 2.24) is 14.2 Å². The second-order valence-electron chi connectivity index (χ2n) is 4.33. The van der Waals surface area contributed by atoms with Gasteiger partial charge in [0.2, 0.25) is 10.0 Å². The Kier molecular flexibility index (Phi) is 3.84. The summed E-state index contributed by atoms with van der Waals surface area (Å²) >= 11 is 0. The van der Waals surface area contributed by atoms with E-state index < -0.39 is 10.0 Å². The fraction of sp³-hybridized carbons (Fsp3) is 0.545. The Morgan fingerprint density at radius 3 is 2.56 bits per heavy atom. The van der Waals surface area contributed by atoms with Crippen molar-refractivity contribution in [3.8, 4) is 0 Å². The molecule has 1 aliphatic rings. The van der Waals surface area contributed by atoms with Crippen LogP contribution in [-0.2, 0) is 10.0 Å². The maximum Gasteiger partial charge on any atom is 0.246 e. The zero-order chi connectivity index (χ0) is 13.2. The smallest absolute Gasteiger partial charge is 0.246 e. The van der Waals surface area contributed by atoms with E-state index in [9.17, 15) is 8.42 Å². The van der Waals surface area contributed by atoms with Crippen LogP contribution < -0.4 is 5.32 Å². The molecule has 2 rings (SSSR count). The zero-order valence-electron chi connectivity index (χ0n) is 10.6. The van der Waals surface area contributed by atoms with E-state index in [0.29, 0.717) is 18.8 Å². The van der Waals surface area contributed by atoms with E-state index in [0.717, 1.165) is 13.1 Å². The lowest BCUT2D eigenvalue weighted by Crippen LogP contribution is -2.47. The van der Waals surface area contributed by atoms with Gasteiger partial charge in [-0.25, -0.2) is 8.42 Å². The Balaban J connectivity index is 2.30. The molecule has 0 unspecified atom stereocenters. The molecule has 1 N–H and O–H groups in total. The number of nitrogens with one attached hydrogen (secondary N) is 1. The van der Waals surface area contributed by atoms with Gasteiger partial charge in [0, 0.05) is 45.6 Å². The van der Waals surface area contributed by atoms with Gasteiger partial charge < -0.3 is 10.2 Å².